The molecule has 1 aliphatic heterocycles. The highest BCUT2D eigenvalue weighted by Gasteiger charge is 2.16. The average Bonchev–Trinajstić information content (AvgIpc) is 2.87. The lowest BCUT2D eigenvalue weighted by atomic mass is 10.2. The fourth-order valence-corrected chi connectivity index (χ4v) is 2.86. The van der Waals surface area contributed by atoms with E-state index < -0.39 is 0 Å². The molecule has 2 amide bonds. The van der Waals surface area contributed by atoms with Gasteiger partial charge >= 0.3 is 0 Å². The highest BCUT2D eigenvalue weighted by molar-refractivity contribution is 5.93. The number of carbonyl (C=O) groups excluding carboxylic acids is 2. The van der Waals surface area contributed by atoms with Crippen LogP contribution in [0.3, 0.4) is 0 Å². The van der Waals surface area contributed by atoms with Crippen LogP contribution in [0, 0.1) is 0 Å². The van der Waals surface area contributed by atoms with Crippen LogP contribution >= 0.6 is 0 Å². The van der Waals surface area contributed by atoms with Crippen molar-refractivity contribution in [2.45, 2.75) is 25.7 Å². The summed E-state index contributed by atoms with van der Waals surface area (Å²) >= 11 is 0. The Kier molecular flexibility index (Phi) is 5.72. The van der Waals surface area contributed by atoms with E-state index in [2.05, 4.69) is 15.3 Å². The van der Waals surface area contributed by atoms with Gasteiger partial charge in [-0.2, -0.15) is 0 Å². The lowest BCUT2D eigenvalue weighted by molar-refractivity contribution is -0.130. The van der Waals surface area contributed by atoms with E-state index in [0.29, 0.717) is 30.9 Å². The van der Waals surface area contributed by atoms with Crippen LogP contribution in [0.2, 0.25) is 0 Å². The number of amides is 2. The van der Waals surface area contributed by atoms with Crippen molar-refractivity contribution < 1.29 is 9.59 Å². The fourth-order valence-electron chi connectivity index (χ4n) is 2.86. The molecule has 1 N–H and O–H groups in total. The molecule has 0 saturated carbocycles. The molecule has 2 heterocycles. The lowest BCUT2D eigenvalue weighted by Gasteiger charge is -2.20. The Balaban J connectivity index is 1.52. The van der Waals surface area contributed by atoms with Gasteiger partial charge in [-0.3, -0.25) is 9.59 Å². The highest BCUT2D eigenvalue weighted by Crippen LogP contribution is 2.13. The molecule has 0 atom stereocenters. The number of aromatic nitrogens is 2. The zero-order valence-corrected chi connectivity index (χ0v) is 14.1. The maximum Gasteiger partial charge on any atom is 0.254 e. The SMILES string of the molecule is O=C(NCCN1CCCCCC1=O)c1cnc(-c2ccccc2)nc1. The zero-order chi connectivity index (χ0) is 17.5. The summed E-state index contributed by atoms with van der Waals surface area (Å²) in [6.45, 7) is 1.77. The molecule has 1 aliphatic rings. The molecule has 130 valence electrons. The Bertz CT molecular complexity index is 716. The average molecular weight is 338 g/mol. The van der Waals surface area contributed by atoms with Gasteiger partial charge in [-0.25, -0.2) is 9.97 Å². The number of carbonyl (C=O) groups is 2. The van der Waals surface area contributed by atoms with Crippen molar-refractivity contribution in [1.29, 1.82) is 0 Å². The molecule has 6 nitrogen and oxygen atoms in total. The zero-order valence-electron chi connectivity index (χ0n) is 14.1. The van der Waals surface area contributed by atoms with Gasteiger partial charge in [-0.05, 0) is 12.8 Å². The largest absolute Gasteiger partial charge is 0.350 e. The molecule has 6 heteroatoms. The Morgan fingerprint density at radius 1 is 1.08 bits per heavy atom. The Hall–Kier alpha value is -2.76. The van der Waals surface area contributed by atoms with E-state index in [1.807, 2.05) is 35.2 Å². The fraction of sp³-hybridized carbons (Fsp3) is 0.368. The minimum atomic E-state index is -0.220. The van der Waals surface area contributed by atoms with Gasteiger partial charge in [0.1, 0.15) is 0 Å². The van der Waals surface area contributed by atoms with Crippen LogP contribution in [0.4, 0.5) is 0 Å². The second kappa shape index (κ2) is 8.37. The van der Waals surface area contributed by atoms with Crippen molar-refractivity contribution in [2.24, 2.45) is 0 Å². The topological polar surface area (TPSA) is 75.2 Å². The summed E-state index contributed by atoms with van der Waals surface area (Å²) in [4.78, 5) is 34.5. The van der Waals surface area contributed by atoms with Crippen LogP contribution in [0.1, 0.15) is 36.0 Å². The monoisotopic (exact) mass is 338 g/mol. The molecule has 1 aromatic carbocycles. The van der Waals surface area contributed by atoms with Gasteiger partial charge in [0.2, 0.25) is 5.91 Å². The van der Waals surface area contributed by atoms with E-state index in [-0.39, 0.29) is 11.8 Å². The predicted molar refractivity (Wildman–Crippen MR) is 94.8 cm³/mol. The molecular formula is C19H22N4O2. The van der Waals surface area contributed by atoms with E-state index in [1.165, 1.54) is 12.4 Å². The van der Waals surface area contributed by atoms with Crippen molar-refractivity contribution in [2.75, 3.05) is 19.6 Å². The molecule has 0 spiro atoms. The van der Waals surface area contributed by atoms with Gasteiger partial charge in [0.25, 0.3) is 5.91 Å². The van der Waals surface area contributed by atoms with Crippen molar-refractivity contribution in [3.8, 4) is 11.4 Å². The first-order valence-corrected chi connectivity index (χ1v) is 8.67. The minimum absolute atomic E-state index is 0.183. The van der Waals surface area contributed by atoms with Crippen LogP contribution in [0.5, 0.6) is 0 Å². The van der Waals surface area contributed by atoms with Crippen LogP contribution < -0.4 is 5.32 Å². The Morgan fingerprint density at radius 2 is 1.84 bits per heavy atom. The van der Waals surface area contributed by atoms with Gasteiger partial charge in [0.15, 0.2) is 5.82 Å². The van der Waals surface area contributed by atoms with E-state index >= 15 is 0 Å². The van der Waals surface area contributed by atoms with Gasteiger partial charge in [-0.1, -0.05) is 36.8 Å². The van der Waals surface area contributed by atoms with Crippen molar-refractivity contribution in [1.82, 2.24) is 20.2 Å². The quantitative estimate of drug-likeness (QED) is 0.907. The first-order chi connectivity index (χ1) is 12.2. The van der Waals surface area contributed by atoms with Crippen LogP contribution in [0.15, 0.2) is 42.7 Å². The number of benzene rings is 1. The smallest absolute Gasteiger partial charge is 0.254 e. The number of rotatable bonds is 5. The van der Waals surface area contributed by atoms with Crippen LogP contribution in [-0.2, 0) is 4.79 Å². The van der Waals surface area contributed by atoms with E-state index in [9.17, 15) is 9.59 Å². The molecule has 0 bridgehead atoms. The first kappa shape index (κ1) is 17.1. The van der Waals surface area contributed by atoms with Crippen molar-refractivity contribution >= 4 is 11.8 Å². The molecule has 2 aromatic rings. The Morgan fingerprint density at radius 3 is 2.60 bits per heavy atom. The molecule has 1 saturated heterocycles. The second-order valence-corrected chi connectivity index (χ2v) is 6.11. The minimum Gasteiger partial charge on any atom is -0.350 e. The summed E-state index contributed by atoms with van der Waals surface area (Å²) in [5, 5.41) is 2.83. The molecule has 3 rings (SSSR count). The summed E-state index contributed by atoms with van der Waals surface area (Å²) in [7, 11) is 0. The molecule has 0 aliphatic carbocycles. The maximum absolute atomic E-state index is 12.2. The number of hydrogen-bond donors (Lipinski definition) is 1. The first-order valence-electron chi connectivity index (χ1n) is 8.67. The van der Waals surface area contributed by atoms with Crippen LogP contribution in [-0.4, -0.2) is 46.3 Å². The van der Waals surface area contributed by atoms with Crippen molar-refractivity contribution in [3.63, 3.8) is 0 Å². The molecule has 0 unspecified atom stereocenters. The third-order valence-electron chi connectivity index (χ3n) is 4.28. The normalized spacial score (nSPS) is 14.9. The molecular weight excluding hydrogens is 316 g/mol. The number of nitrogens with one attached hydrogen (secondary N) is 1. The third kappa shape index (κ3) is 4.62. The number of likely N-dealkylation sites (tertiary alicyclic amines) is 1. The number of hydrogen-bond acceptors (Lipinski definition) is 4. The summed E-state index contributed by atoms with van der Waals surface area (Å²) in [5.74, 6) is 0.552. The standard InChI is InChI=1S/C19H22N4O2/c24-17-9-5-2-6-11-23(17)12-10-20-19(25)16-13-21-18(22-14-16)15-7-3-1-4-8-15/h1,3-4,7-8,13-14H,2,5-6,9-12H2,(H,20,25). The Labute approximate surface area is 147 Å². The maximum atomic E-state index is 12.2. The van der Waals surface area contributed by atoms with E-state index in [0.717, 1.165) is 31.4 Å². The lowest BCUT2D eigenvalue weighted by Crippen LogP contribution is -2.38. The third-order valence-corrected chi connectivity index (χ3v) is 4.28. The van der Waals surface area contributed by atoms with Gasteiger partial charge in [0.05, 0.1) is 5.56 Å². The molecule has 1 aromatic heterocycles. The molecule has 0 radical (unpaired) electrons. The van der Waals surface area contributed by atoms with Gasteiger partial charge in [0, 0.05) is 44.0 Å². The van der Waals surface area contributed by atoms with E-state index in [1.54, 1.807) is 0 Å². The van der Waals surface area contributed by atoms with Gasteiger partial charge < -0.3 is 10.2 Å². The molecule has 25 heavy (non-hydrogen) atoms. The van der Waals surface area contributed by atoms with Crippen molar-refractivity contribution in [3.05, 3.63) is 48.3 Å². The van der Waals surface area contributed by atoms with Crippen LogP contribution in [0.25, 0.3) is 11.4 Å². The predicted octanol–water partition coefficient (Wildman–Crippen LogP) is 2.28. The summed E-state index contributed by atoms with van der Waals surface area (Å²) in [5.41, 5.74) is 1.33. The summed E-state index contributed by atoms with van der Waals surface area (Å²) in [6.07, 6.45) is 6.77. The summed E-state index contributed by atoms with van der Waals surface area (Å²) < 4.78 is 0. The summed E-state index contributed by atoms with van der Waals surface area (Å²) in [6, 6.07) is 9.62. The van der Waals surface area contributed by atoms with Gasteiger partial charge in [-0.15, -0.1) is 0 Å². The molecule has 1 fully saturated rings. The number of nitrogens with zero attached hydrogens (tertiary/aromatic N) is 3. The second-order valence-electron chi connectivity index (χ2n) is 6.11. The van der Waals surface area contributed by atoms with E-state index in [4.69, 9.17) is 0 Å². The highest BCUT2D eigenvalue weighted by atomic mass is 16.2.